The van der Waals surface area contributed by atoms with Gasteiger partial charge in [0.25, 0.3) is 0 Å². The quantitative estimate of drug-likeness (QED) is 0.596. The predicted molar refractivity (Wildman–Crippen MR) is 106 cm³/mol. The molecule has 0 aliphatic heterocycles. The molecule has 148 valence electrons. The molecule has 0 spiro atoms. The molecule has 2 N–H and O–H groups in total. The molecule has 6 nitrogen and oxygen atoms in total. The molecule has 0 saturated heterocycles. The van der Waals surface area contributed by atoms with Crippen molar-refractivity contribution >= 4 is 33.9 Å². The molecule has 2 rings (SSSR count). The molecular formula is C20H19BrFNO5. The molecule has 0 fully saturated rings. The van der Waals surface area contributed by atoms with Gasteiger partial charge in [-0.05, 0) is 52.7 Å². The van der Waals surface area contributed by atoms with Crippen molar-refractivity contribution in [1.82, 2.24) is 5.32 Å². The maximum Gasteiger partial charge on any atom is 0.325 e. The van der Waals surface area contributed by atoms with Crippen LogP contribution in [0.4, 0.5) is 4.39 Å². The van der Waals surface area contributed by atoms with Crippen molar-refractivity contribution in [3.63, 3.8) is 0 Å². The van der Waals surface area contributed by atoms with Crippen molar-refractivity contribution in [2.45, 2.75) is 19.6 Å². The molecule has 0 bridgehead atoms. The number of nitrogens with one attached hydrogen (secondary N) is 1. The van der Waals surface area contributed by atoms with Gasteiger partial charge in [0.05, 0.1) is 11.6 Å². The van der Waals surface area contributed by atoms with Crippen molar-refractivity contribution in [2.24, 2.45) is 0 Å². The third-order valence-corrected chi connectivity index (χ3v) is 4.33. The van der Waals surface area contributed by atoms with E-state index in [-0.39, 0.29) is 12.4 Å². The van der Waals surface area contributed by atoms with E-state index < -0.39 is 17.9 Å². The van der Waals surface area contributed by atoms with E-state index in [2.05, 4.69) is 21.2 Å². The SMILES string of the molecule is COc1cc(/C=C/C(=O)N[C@@H](C)C(=O)O)cc(Br)c1OCc1ccccc1F. The Hall–Kier alpha value is -2.87. The minimum Gasteiger partial charge on any atom is -0.493 e. The predicted octanol–water partition coefficient (Wildman–Crippen LogP) is 3.78. The number of ether oxygens (including phenoxy) is 2. The van der Waals surface area contributed by atoms with Crippen LogP contribution in [-0.2, 0) is 16.2 Å². The number of aliphatic carboxylic acids is 1. The summed E-state index contributed by atoms with van der Waals surface area (Å²) in [6, 6.07) is 8.66. The second-order valence-electron chi connectivity index (χ2n) is 5.82. The number of methoxy groups -OCH3 is 1. The molecule has 0 radical (unpaired) electrons. The monoisotopic (exact) mass is 451 g/mol. The Kier molecular flexibility index (Phi) is 7.57. The molecule has 0 aromatic heterocycles. The Labute approximate surface area is 170 Å². The van der Waals surface area contributed by atoms with Crippen LogP contribution in [0.25, 0.3) is 6.08 Å². The molecule has 0 unspecified atom stereocenters. The van der Waals surface area contributed by atoms with Gasteiger partial charge in [0.1, 0.15) is 18.5 Å². The van der Waals surface area contributed by atoms with E-state index in [1.165, 1.54) is 32.3 Å². The highest BCUT2D eigenvalue weighted by Crippen LogP contribution is 2.37. The van der Waals surface area contributed by atoms with Crippen LogP contribution in [0.1, 0.15) is 18.1 Å². The molecule has 0 aliphatic rings. The van der Waals surface area contributed by atoms with Crippen LogP contribution < -0.4 is 14.8 Å². The first-order valence-corrected chi connectivity index (χ1v) is 9.06. The van der Waals surface area contributed by atoms with Crippen molar-refractivity contribution in [3.8, 4) is 11.5 Å². The molecule has 0 aliphatic carbocycles. The fourth-order valence-electron chi connectivity index (χ4n) is 2.24. The van der Waals surface area contributed by atoms with Crippen LogP contribution in [-0.4, -0.2) is 30.1 Å². The smallest absolute Gasteiger partial charge is 0.325 e. The third kappa shape index (κ3) is 5.82. The summed E-state index contributed by atoms with van der Waals surface area (Å²) in [4.78, 5) is 22.5. The summed E-state index contributed by atoms with van der Waals surface area (Å²) in [6.07, 6.45) is 2.73. The van der Waals surface area contributed by atoms with Crippen molar-refractivity contribution in [2.75, 3.05) is 7.11 Å². The minimum absolute atomic E-state index is 0.0201. The average Bonchev–Trinajstić information content (AvgIpc) is 2.66. The lowest BCUT2D eigenvalue weighted by Crippen LogP contribution is -2.37. The van der Waals surface area contributed by atoms with E-state index in [0.29, 0.717) is 27.1 Å². The van der Waals surface area contributed by atoms with Gasteiger partial charge in [-0.25, -0.2) is 4.39 Å². The first-order valence-electron chi connectivity index (χ1n) is 8.27. The van der Waals surface area contributed by atoms with Gasteiger partial charge < -0.3 is 19.9 Å². The van der Waals surface area contributed by atoms with Gasteiger partial charge in [-0.1, -0.05) is 18.2 Å². The summed E-state index contributed by atoms with van der Waals surface area (Å²) in [5, 5.41) is 11.1. The molecule has 2 aromatic rings. The van der Waals surface area contributed by atoms with Crippen molar-refractivity contribution in [3.05, 3.63) is 63.9 Å². The lowest BCUT2D eigenvalue weighted by Gasteiger charge is -2.14. The highest BCUT2D eigenvalue weighted by Gasteiger charge is 2.14. The lowest BCUT2D eigenvalue weighted by atomic mass is 10.1. The van der Waals surface area contributed by atoms with Crippen LogP contribution in [0.15, 0.2) is 46.9 Å². The van der Waals surface area contributed by atoms with Gasteiger partial charge in [0, 0.05) is 11.6 Å². The van der Waals surface area contributed by atoms with Crippen molar-refractivity contribution in [1.29, 1.82) is 0 Å². The van der Waals surface area contributed by atoms with E-state index >= 15 is 0 Å². The second-order valence-corrected chi connectivity index (χ2v) is 6.67. The van der Waals surface area contributed by atoms with Crippen molar-refractivity contribution < 1.29 is 28.6 Å². The summed E-state index contributed by atoms with van der Waals surface area (Å²) >= 11 is 3.39. The van der Waals surface area contributed by atoms with E-state index in [1.807, 2.05) is 0 Å². The van der Waals surface area contributed by atoms with Gasteiger partial charge >= 0.3 is 5.97 Å². The molecule has 0 heterocycles. The van der Waals surface area contributed by atoms with E-state index in [1.54, 1.807) is 30.3 Å². The minimum atomic E-state index is -1.12. The number of carbonyl (C=O) groups excluding carboxylic acids is 1. The molecular weight excluding hydrogens is 433 g/mol. The number of hydrogen-bond donors (Lipinski definition) is 2. The van der Waals surface area contributed by atoms with Crippen LogP contribution in [0.3, 0.4) is 0 Å². The fourth-order valence-corrected chi connectivity index (χ4v) is 2.81. The zero-order valence-electron chi connectivity index (χ0n) is 15.2. The normalized spacial score (nSPS) is 11.9. The van der Waals surface area contributed by atoms with Gasteiger partial charge in [-0.2, -0.15) is 0 Å². The van der Waals surface area contributed by atoms with Gasteiger partial charge in [0.15, 0.2) is 11.5 Å². The third-order valence-electron chi connectivity index (χ3n) is 3.74. The molecule has 28 heavy (non-hydrogen) atoms. The fraction of sp³-hybridized carbons (Fsp3) is 0.200. The van der Waals surface area contributed by atoms with E-state index in [0.717, 1.165) is 0 Å². The summed E-state index contributed by atoms with van der Waals surface area (Å²) < 4.78 is 25.3. The standard InChI is InChI=1S/C20H19BrFNO5/c1-12(20(25)26)23-18(24)8-7-13-9-15(21)19(17(10-13)27-2)28-11-14-5-3-4-6-16(14)22/h3-10,12H,11H2,1-2H3,(H,23,24)(H,25,26)/b8-7+/t12-/m0/s1. The van der Waals surface area contributed by atoms with Gasteiger partial charge in [-0.3, -0.25) is 9.59 Å². The maximum absolute atomic E-state index is 13.7. The summed E-state index contributed by atoms with van der Waals surface area (Å²) in [5.74, 6) is -1.23. The Balaban J connectivity index is 2.14. The Morgan fingerprint density at radius 1 is 1.32 bits per heavy atom. The first-order chi connectivity index (χ1) is 13.3. The zero-order valence-corrected chi connectivity index (χ0v) is 16.8. The van der Waals surface area contributed by atoms with Crippen LogP contribution in [0.2, 0.25) is 0 Å². The average molecular weight is 452 g/mol. The first kappa shape index (κ1) is 21.4. The lowest BCUT2D eigenvalue weighted by molar-refractivity contribution is -0.140. The van der Waals surface area contributed by atoms with Gasteiger partial charge in [0.2, 0.25) is 5.91 Å². The second kappa shape index (κ2) is 9.89. The summed E-state index contributed by atoms with van der Waals surface area (Å²) in [7, 11) is 1.46. The Morgan fingerprint density at radius 2 is 2.04 bits per heavy atom. The zero-order chi connectivity index (χ0) is 20.7. The number of amides is 1. The molecule has 1 amide bonds. The van der Waals surface area contributed by atoms with E-state index in [9.17, 15) is 14.0 Å². The number of rotatable bonds is 8. The number of carbonyl (C=O) groups is 2. The maximum atomic E-state index is 13.7. The number of halogens is 2. The van der Waals surface area contributed by atoms with E-state index in [4.69, 9.17) is 14.6 Å². The largest absolute Gasteiger partial charge is 0.493 e. The highest BCUT2D eigenvalue weighted by molar-refractivity contribution is 9.10. The number of carboxylic acid groups (broad SMARTS) is 1. The summed E-state index contributed by atoms with van der Waals surface area (Å²) in [5.41, 5.74) is 1.03. The van der Waals surface area contributed by atoms with Crippen LogP contribution in [0.5, 0.6) is 11.5 Å². The van der Waals surface area contributed by atoms with Crippen LogP contribution >= 0.6 is 15.9 Å². The number of hydrogen-bond acceptors (Lipinski definition) is 4. The molecule has 8 heteroatoms. The number of carboxylic acids is 1. The molecule has 1 atom stereocenters. The molecule has 0 saturated carbocycles. The number of benzene rings is 2. The highest BCUT2D eigenvalue weighted by atomic mass is 79.9. The summed E-state index contributed by atoms with van der Waals surface area (Å²) in [6.45, 7) is 1.39. The van der Waals surface area contributed by atoms with Gasteiger partial charge in [-0.15, -0.1) is 0 Å². The Bertz CT molecular complexity index is 900. The Morgan fingerprint density at radius 3 is 2.68 bits per heavy atom. The van der Waals surface area contributed by atoms with Crippen LogP contribution in [0, 0.1) is 5.82 Å². The topological polar surface area (TPSA) is 84.9 Å². The molecule has 2 aromatic carbocycles.